The van der Waals surface area contributed by atoms with Gasteiger partial charge in [-0.2, -0.15) is 15.0 Å². The minimum Gasteiger partial charge on any atom is -0.412 e. The zero-order valence-electron chi connectivity index (χ0n) is 30.2. The number of fused-ring (bicyclic) bond motifs is 1. The molecular weight excluding hydrogens is 656 g/mol. The fraction of sp³-hybridized carbons (Fsp3) is 0.815. The molecule has 4 amide bonds. The van der Waals surface area contributed by atoms with E-state index in [9.17, 15) is 9.59 Å². The lowest BCUT2D eigenvalue weighted by atomic mass is 10.3. The van der Waals surface area contributed by atoms with E-state index in [1.165, 1.54) is 48.0 Å². The number of ether oxygens (including phenoxy) is 9. The lowest BCUT2D eigenvalue weighted by molar-refractivity contribution is -0.0135. The van der Waals surface area contributed by atoms with Crippen molar-refractivity contribution < 1.29 is 57.7 Å². The second-order valence-corrected chi connectivity index (χ2v) is 10.2. The lowest BCUT2D eigenvalue weighted by Crippen LogP contribution is -2.48. The van der Waals surface area contributed by atoms with E-state index >= 15 is 0 Å². The van der Waals surface area contributed by atoms with Crippen LogP contribution >= 0.6 is 0 Å². The Morgan fingerprint density at radius 2 is 0.714 bits per heavy atom. The summed E-state index contributed by atoms with van der Waals surface area (Å²) in [6.07, 6.45) is -1.05. The Morgan fingerprint density at radius 1 is 0.469 bits per heavy atom. The molecule has 0 radical (unpaired) electrons. The van der Waals surface area contributed by atoms with E-state index in [1.807, 2.05) is 11.8 Å². The van der Waals surface area contributed by atoms with Crippen LogP contribution in [0.2, 0.25) is 0 Å². The van der Waals surface area contributed by atoms with Gasteiger partial charge < -0.3 is 53.0 Å². The molecule has 0 saturated carbocycles. The third-order valence-corrected chi connectivity index (χ3v) is 6.85. The summed E-state index contributed by atoms with van der Waals surface area (Å²) >= 11 is 0. The summed E-state index contributed by atoms with van der Waals surface area (Å²) in [6, 6.07) is -0.540. The van der Waals surface area contributed by atoms with Crippen molar-refractivity contribution in [3.8, 4) is 0 Å². The number of rotatable bonds is 22. The number of hydrogen-bond acceptors (Lipinski definition) is 17. The standard InChI is InChI=1S/C15H30N6O5.C12H22N4O6.H2O/c1-7-19(8-22-2)13-16-14(20(9-23-3)10-24-4)18-15(17-13)21(11-25-5)12-26-6;1-19-5-13-9-10(15(7-21-3)11(13)17)16(8-22-4)12(18)14(9)6-20-2;/h7-12H2,1-6H3;9-10H,5-8H2,1-4H3;1H2. The molecule has 0 atom stereocenters. The van der Waals surface area contributed by atoms with Crippen LogP contribution in [0.5, 0.6) is 0 Å². The van der Waals surface area contributed by atoms with Crippen molar-refractivity contribution >= 4 is 29.9 Å². The van der Waals surface area contributed by atoms with Gasteiger partial charge in [0.25, 0.3) is 0 Å². The molecule has 2 aliphatic rings. The van der Waals surface area contributed by atoms with Gasteiger partial charge in [-0.15, -0.1) is 0 Å². The van der Waals surface area contributed by atoms with Gasteiger partial charge in [-0.25, -0.2) is 9.59 Å². The highest BCUT2D eigenvalue weighted by Gasteiger charge is 2.59. The van der Waals surface area contributed by atoms with Crippen molar-refractivity contribution in [1.82, 2.24) is 34.6 Å². The Bertz CT molecular complexity index is 983. The van der Waals surface area contributed by atoms with Gasteiger partial charge in [0.2, 0.25) is 17.8 Å². The molecule has 0 unspecified atom stereocenters. The SMILES string of the molecule is CCN(COC)c1nc(N(COC)COC)nc(N(COC)COC)n1.COCN1C(=O)N(COC)C2C1N(COC)C(=O)N2COC.O. The van der Waals surface area contributed by atoms with Crippen molar-refractivity contribution in [2.24, 2.45) is 0 Å². The summed E-state index contributed by atoms with van der Waals surface area (Å²) in [7, 11) is 14.0. The number of carbonyl (C=O) groups excluding carboxylic acids is 2. The molecule has 2 aliphatic heterocycles. The molecule has 2 saturated heterocycles. The van der Waals surface area contributed by atoms with Gasteiger partial charge in [-0.3, -0.25) is 29.4 Å². The fourth-order valence-electron chi connectivity index (χ4n) is 4.99. The normalized spacial score (nSPS) is 16.9. The topological polar surface area (TPSA) is 210 Å². The van der Waals surface area contributed by atoms with Gasteiger partial charge in [0.15, 0.2) is 12.3 Å². The Hall–Kier alpha value is -3.45. The second-order valence-electron chi connectivity index (χ2n) is 10.2. The van der Waals surface area contributed by atoms with Gasteiger partial charge >= 0.3 is 12.1 Å². The molecule has 22 heteroatoms. The second kappa shape index (κ2) is 23.0. The molecule has 0 spiro atoms. The predicted octanol–water partition coefficient (Wildman–Crippen LogP) is -0.965. The van der Waals surface area contributed by atoms with Crippen LogP contribution in [-0.4, -0.2) is 196 Å². The Labute approximate surface area is 287 Å². The Morgan fingerprint density at radius 3 is 0.939 bits per heavy atom. The molecule has 1 aromatic rings. The molecule has 3 rings (SSSR count). The third kappa shape index (κ3) is 11.0. The van der Waals surface area contributed by atoms with Crippen LogP contribution < -0.4 is 14.7 Å². The summed E-state index contributed by atoms with van der Waals surface area (Å²) in [5.41, 5.74) is 0. The first kappa shape index (κ1) is 43.6. The molecule has 49 heavy (non-hydrogen) atoms. The van der Waals surface area contributed by atoms with E-state index in [0.29, 0.717) is 31.1 Å². The first-order chi connectivity index (χ1) is 23.3. The van der Waals surface area contributed by atoms with E-state index < -0.39 is 12.3 Å². The molecule has 0 bridgehead atoms. The van der Waals surface area contributed by atoms with Crippen molar-refractivity contribution in [1.29, 1.82) is 0 Å². The molecule has 1 aromatic heterocycles. The molecule has 0 aromatic carbocycles. The summed E-state index contributed by atoms with van der Waals surface area (Å²) in [6.45, 7) is 4.33. The van der Waals surface area contributed by atoms with E-state index in [0.717, 1.165) is 0 Å². The summed E-state index contributed by atoms with van der Waals surface area (Å²) in [5, 5.41) is 0. The average Bonchev–Trinajstić information content (AvgIpc) is 3.49. The lowest BCUT2D eigenvalue weighted by Gasteiger charge is -2.28. The first-order valence-electron chi connectivity index (χ1n) is 14.8. The van der Waals surface area contributed by atoms with E-state index in [2.05, 4.69) is 15.0 Å². The minimum absolute atomic E-state index is 0. The molecule has 22 nitrogen and oxygen atoms in total. The molecular formula is C27H54N10O12. The highest BCUT2D eigenvalue weighted by molar-refractivity contribution is 5.85. The number of nitrogens with zero attached hydrogens (tertiary/aromatic N) is 10. The highest BCUT2D eigenvalue weighted by atomic mass is 16.5. The zero-order chi connectivity index (χ0) is 35.6. The van der Waals surface area contributed by atoms with Crippen molar-refractivity contribution in [3.63, 3.8) is 0 Å². The quantitative estimate of drug-likeness (QED) is 0.133. The van der Waals surface area contributed by atoms with Crippen LogP contribution in [0.15, 0.2) is 0 Å². The monoisotopic (exact) mass is 710 g/mol. The maximum Gasteiger partial charge on any atom is 0.327 e. The van der Waals surface area contributed by atoms with Crippen molar-refractivity contribution in [3.05, 3.63) is 0 Å². The molecule has 284 valence electrons. The minimum atomic E-state index is -0.523. The zero-order valence-corrected chi connectivity index (χ0v) is 30.2. The van der Waals surface area contributed by atoms with Crippen LogP contribution in [0.3, 0.4) is 0 Å². The summed E-state index contributed by atoms with van der Waals surface area (Å²) < 4.78 is 46.5. The number of anilines is 3. The predicted molar refractivity (Wildman–Crippen MR) is 174 cm³/mol. The number of methoxy groups -OCH3 is 9. The van der Waals surface area contributed by atoms with Gasteiger partial charge in [-0.1, -0.05) is 0 Å². The van der Waals surface area contributed by atoms with E-state index in [-0.39, 0.29) is 71.4 Å². The highest BCUT2D eigenvalue weighted by Crippen LogP contribution is 2.34. The molecule has 2 fully saturated rings. The Kier molecular flexibility index (Phi) is 20.5. The molecule has 0 aliphatic carbocycles. The average molecular weight is 711 g/mol. The van der Waals surface area contributed by atoms with E-state index in [1.54, 1.807) is 45.3 Å². The van der Waals surface area contributed by atoms with Crippen LogP contribution in [0, 0.1) is 0 Å². The van der Waals surface area contributed by atoms with Crippen LogP contribution in [-0.2, 0) is 42.6 Å². The summed E-state index contributed by atoms with van der Waals surface area (Å²) in [5.74, 6) is 1.31. The third-order valence-electron chi connectivity index (χ3n) is 6.85. The van der Waals surface area contributed by atoms with Gasteiger partial charge in [-0.05, 0) is 6.92 Å². The maximum absolute atomic E-state index is 12.6. The van der Waals surface area contributed by atoms with Crippen LogP contribution in [0.25, 0.3) is 0 Å². The first-order valence-corrected chi connectivity index (χ1v) is 14.8. The molecule has 3 heterocycles. The van der Waals surface area contributed by atoms with Gasteiger partial charge in [0.1, 0.15) is 60.6 Å². The Balaban J connectivity index is 0.000000486. The summed E-state index contributed by atoms with van der Waals surface area (Å²) in [4.78, 5) is 50.0. The van der Waals surface area contributed by atoms with Crippen LogP contribution in [0.1, 0.15) is 6.92 Å². The smallest absolute Gasteiger partial charge is 0.327 e. The molecule has 2 N–H and O–H groups in total. The van der Waals surface area contributed by atoms with Gasteiger partial charge in [0, 0.05) is 70.5 Å². The number of aromatic nitrogens is 3. The van der Waals surface area contributed by atoms with Crippen molar-refractivity contribution in [2.75, 3.05) is 146 Å². The van der Waals surface area contributed by atoms with Crippen molar-refractivity contribution in [2.45, 2.75) is 19.3 Å². The number of hydrogen-bond donors (Lipinski definition) is 0. The van der Waals surface area contributed by atoms with Crippen LogP contribution in [0.4, 0.5) is 27.4 Å². The van der Waals surface area contributed by atoms with E-state index in [4.69, 9.17) is 42.6 Å². The maximum atomic E-state index is 12.6. The number of carbonyl (C=O) groups is 2. The number of urea groups is 2. The fourth-order valence-corrected chi connectivity index (χ4v) is 4.99. The number of amides is 4. The van der Waals surface area contributed by atoms with Gasteiger partial charge in [0.05, 0.1) is 0 Å². The largest absolute Gasteiger partial charge is 0.412 e.